The molecule has 1 saturated heterocycles. The zero-order chi connectivity index (χ0) is 12.3. The van der Waals surface area contributed by atoms with Crippen molar-refractivity contribution in [3.05, 3.63) is 23.7 Å². The molecule has 5 heteroatoms. The van der Waals surface area contributed by atoms with E-state index < -0.39 is 5.97 Å². The summed E-state index contributed by atoms with van der Waals surface area (Å²) in [6.07, 6.45) is 3.57. The van der Waals surface area contributed by atoms with E-state index in [1.807, 2.05) is 0 Å². The van der Waals surface area contributed by atoms with Crippen LogP contribution in [0, 0.1) is 0 Å². The van der Waals surface area contributed by atoms with Gasteiger partial charge in [-0.1, -0.05) is 0 Å². The molecule has 1 aliphatic rings. The van der Waals surface area contributed by atoms with Gasteiger partial charge in [0.15, 0.2) is 0 Å². The number of carbonyl (C=O) groups is 1. The fourth-order valence-corrected chi connectivity index (χ4v) is 2.26. The Kier molecular flexibility index (Phi) is 3.81. The lowest BCUT2D eigenvalue weighted by Crippen LogP contribution is -2.31. The average molecular weight is 239 g/mol. The fraction of sp³-hybridized carbons (Fsp3) is 0.583. The molecular formula is C12H17NO4. The summed E-state index contributed by atoms with van der Waals surface area (Å²) in [5.74, 6) is -0.194. The first-order chi connectivity index (χ1) is 8.26. The molecule has 0 radical (unpaired) electrons. The number of furan rings is 1. The van der Waals surface area contributed by atoms with E-state index in [9.17, 15) is 9.90 Å². The van der Waals surface area contributed by atoms with Gasteiger partial charge in [0.2, 0.25) is 5.76 Å². The second kappa shape index (κ2) is 5.33. The minimum Gasteiger partial charge on any atom is -0.463 e. The lowest BCUT2D eigenvalue weighted by molar-refractivity contribution is 0.0561. The molecule has 2 rings (SSSR count). The van der Waals surface area contributed by atoms with Crippen LogP contribution in [0.25, 0.3) is 0 Å². The molecule has 0 bridgehead atoms. The average Bonchev–Trinajstić information content (AvgIpc) is 2.97. The first-order valence-corrected chi connectivity index (χ1v) is 5.76. The van der Waals surface area contributed by atoms with Crippen LogP contribution >= 0.6 is 0 Å². The Hall–Kier alpha value is -1.33. The molecule has 1 atom stereocenters. The molecule has 0 amide bonds. The fourth-order valence-electron chi connectivity index (χ4n) is 2.26. The summed E-state index contributed by atoms with van der Waals surface area (Å²) < 4.78 is 9.79. The number of aliphatic hydroxyl groups excluding tert-OH is 1. The maximum atomic E-state index is 11.4. The van der Waals surface area contributed by atoms with Gasteiger partial charge in [-0.15, -0.1) is 0 Å². The Morgan fingerprint density at radius 1 is 1.71 bits per heavy atom. The summed E-state index contributed by atoms with van der Waals surface area (Å²) in [6, 6.07) is 1.97. The molecule has 0 saturated carbocycles. The van der Waals surface area contributed by atoms with Crippen LogP contribution in [0.1, 0.15) is 29.0 Å². The Morgan fingerprint density at radius 2 is 2.53 bits per heavy atom. The van der Waals surface area contributed by atoms with Gasteiger partial charge in [-0.25, -0.2) is 4.79 Å². The summed E-state index contributed by atoms with van der Waals surface area (Å²) in [5.41, 5.74) is 0.817. The molecule has 1 aliphatic heterocycles. The van der Waals surface area contributed by atoms with Crippen LogP contribution in [0.2, 0.25) is 0 Å². The summed E-state index contributed by atoms with van der Waals surface area (Å²) in [4.78, 5) is 13.6. The van der Waals surface area contributed by atoms with Crippen molar-refractivity contribution in [2.75, 3.05) is 20.3 Å². The van der Waals surface area contributed by atoms with E-state index >= 15 is 0 Å². The standard InChI is InChI=1S/C12H17NO4/c1-16-12(15)11-9(4-6-17-11)7-13-5-2-3-10(13)8-14/h4,6,10,14H,2-3,5,7-8H2,1H3. The molecular weight excluding hydrogens is 222 g/mol. The van der Waals surface area contributed by atoms with Gasteiger partial charge in [0.1, 0.15) is 0 Å². The van der Waals surface area contributed by atoms with Gasteiger partial charge in [-0.05, 0) is 25.5 Å². The first kappa shape index (κ1) is 12.1. The molecule has 0 aliphatic carbocycles. The molecule has 1 fully saturated rings. The van der Waals surface area contributed by atoms with E-state index in [2.05, 4.69) is 9.64 Å². The zero-order valence-electron chi connectivity index (χ0n) is 9.89. The summed E-state index contributed by atoms with van der Waals surface area (Å²) in [7, 11) is 1.33. The van der Waals surface area contributed by atoms with E-state index in [4.69, 9.17) is 4.42 Å². The third-order valence-corrected chi connectivity index (χ3v) is 3.20. The summed E-state index contributed by atoms with van der Waals surface area (Å²) in [6.45, 7) is 1.72. The van der Waals surface area contributed by atoms with Crippen LogP contribution in [-0.2, 0) is 11.3 Å². The Balaban J connectivity index is 2.08. The lowest BCUT2D eigenvalue weighted by atomic mass is 10.2. The Bertz CT molecular complexity index is 388. The summed E-state index contributed by atoms with van der Waals surface area (Å²) >= 11 is 0. The molecule has 0 spiro atoms. The van der Waals surface area contributed by atoms with Crippen molar-refractivity contribution in [2.45, 2.75) is 25.4 Å². The minimum absolute atomic E-state index is 0.158. The highest BCUT2D eigenvalue weighted by atomic mass is 16.5. The summed E-state index contributed by atoms with van der Waals surface area (Å²) in [5, 5.41) is 9.23. The molecule has 5 nitrogen and oxygen atoms in total. The monoisotopic (exact) mass is 239 g/mol. The van der Waals surface area contributed by atoms with Gasteiger partial charge in [-0.3, -0.25) is 4.90 Å². The number of hydrogen-bond donors (Lipinski definition) is 1. The normalized spacial score (nSPS) is 20.7. The SMILES string of the molecule is COC(=O)c1occc1CN1CCCC1CO. The van der Waals surface area contributed by atoms with Crippen molar-refractivity contribution >= 4 is 5.97 Å². The Labute approximate surface area is 100.0 Å². The number of rotatable bonds is 4. The van der Waals surface area contributed by atoms with Gasteiger partial charge in [-0.2, -0.15) is 0 Å². The van der Waals surface area contributed by atoms with Gasteiger partial charge in [0, 0.05) is 18.2 Å². The number of likely N-dealkylation sites (tertiary alicyclic amines) is 1. The Morgan fingerprint density at radius 3 is 3.24 bits per heavy atom. The molecule has 1 aromatic heterocycles. The molecule has 1 aromatic rings. The lowest BCUT2D eigenvalue weighted by Gasteiger charge is -2.22. The number of esters is 1. The van der Waals surface area contributed by atoms with E-state index in [-0.39, 0.29) is 18.4 Å². The number of methoxy groups -OCH3 is 1. The molecule has 94 valence electrons. The second-order valence-corrected chi connectivity index (χ2v) is 4.22. The second-order valence-electron chi connectivity index (χ2n) is 4.22. The largest absolute Gasteiger partial charge is 0.463 e. The number of aliphatic hydroxyl groups is 1. The zero-order valence-corrected chi connectivity index (χ0v) is 9.89. The van der Waals surface area contributed by atoms with Crippen molar-refractivity contribution < 1.29 is 19.1 Å². The highest BCUT2D eigenvalue weighted by Crippen LogP contribution is 2.22. The van der Waals surface area contributed by atoms with Gasteiger partial charge in [0.05, 0.1) is 20.0 Å². The van der Waals surface area contributed by atoms with Crippen LogP contribution in [0.4, 0.5) is 0 Å². The highest BCUT2D eigenvalue weighted by Gasteiger charge is 2.26. The van der Waals surface area contributed by atoms with Crippen LogP contribution < -0.4 is 0 Å². The minimum atomic E-state index is -0.454. The number of hydrogen-bond acceptors (Lipinski definition) is 5. The molecule has 1 N–H and O–H groups in total. The molecule has 2 heterocycles. The van der Waals surface area contributed by atoms with E-state index in [0.717, 1.165) is 24.9 Å². The van der Waals surface area contributed by atoms with Crippen LogP contribution in [0.3, 0.4) is 0 Å². The van der Waals surface area contributed by atoms with Gasteiger partial charge >= 0.3 is 5.97 Å². The van der Waals surface area contributed by atoms with Crippen molar-refractivity contribution in [3.63, 3.8) is 0 Å². The van der Waals surface area contributed by atoms with Gasteiger partial charge < -0.3 is 14.3 Å². The van der Waals surface area contributed by atoms with Gasteiger partial charge in [0.25, 0.3) is 0 Å². The van der Waals surface area contributed by atoms with Crippen molar-refractivity contribution in [1.82, 2.24) is 4.90 Å². The maximum Gasteiger partial charge on any atom is 0.374 e. The molecule has 17 heavy (non-hydrogen) atoms. The van der Waals surface area contributed by atoms with Crippen LogP contribution in [0.5, 0.6) is 0 Å². The predicted octanol–water partition coefficient (Wildman–Crippen LogP) is 1.02. The van der Waals surface area contributed by atoms with Crippen molar-refractivity contribution in [3.8, 4) is 0 Å². The van der Waals surface area contributed by atoms with Crippen molar-refractivity contribution in [2.24, 2.45) is 0 Å². The number of carbonyl (C=O) groups excluding carboxylic acids is 1. The number of ether oxygens (including phenoxy) is 1. The van der Waals surface area contributed by atoms with E-state index in [1.54, 1.807) is 6.07 Å². The van der Waals surface area contributed by atoms with Crippen LogP contribution in [-0.4, -0.2) is 42.3 Å². The molecule has 0 aromatic carbocycles. The topological polar surface area (TPSA) is 62.9 Å². The third kappa shape index (κ3) is 2.50. The van der Waals surface area contributed by atoms with Crippen LogP contribution in [0.15, 0.2) is 16.7 Å². The third-order valence-electron chi connectivity index (χ3n) is 3.20. The van der Waals surface area contributed by atoms with Crippen molar-refractivity contribution in [1.29, 1.82) is 0 Å². The quantitative estimate of drug-likeness (QED) is 0.795. The highest BCUT2D eigenvalue weighted by molar-refractivity contribution is 5.87. The maximum absolute atomic E-state index is 11.4. The first-order valence-electron chi connectivity index (χ1n) is 5.76. The number of nitrogens with zero attached hydrogens (tertiary/aromatic N) is 1. The van der Waals surface area contributed by atoms with E-state index in [1.165, 1.54) is 13.4 Å². The van der Waals surface area contributed by atoms with E-state index in [0.29, 0.717) is 6.54 Å². The smallest absolute Gasteiger partial charge is 0.374 e. The molecule has 1 unspecified atom stereocenters. The predicted molar refractivity (Wildman–Crippen MR) is 60.6 cm³/mol.